The molecule has 27 heavy (non-hydrogen) atoms. The highest BCUT2D eigenvalue weighted by Gasteiger charge is 2.23. The summed E-state index contributed by atoms with van der Waals surface area (Å²) < 4.78 is 1.88. The van der Waals surface area contributed by atoms with Crippen LogP contribution in [-0.2, 0) is 0 Å². The van der Waals surface area contributed by atoms with Crippen molar-refractivity contribution < 1.29 is 9.59 Å². The Labute approximate surface area is 162 Å². The van der Waals surface area contributed by atoms with Crippen molar-refractivity contribution >= 4 is 23.2 Å². The zero-order valence-corrected chi connectivity index (χ0v) is 16.5. The Balaban J connectivity index is 1.95. The van der Waals surface area contributed by atoms with E-state index in [1.54, 1.807) is 23.7 Å². The van der Waals surface area contributed by atoms with Gasteiger partial charge in [-0.3, -0.25) is 14.4 Å². The van der Waals surface area contributed by atoms with Crippen molar-refractivity contribution in [3.63, 3.8) is 0 Å². The van der Waals surface area contributed by atoms with Gasteiger partial charge in [0.1, 0.15) is 11.1 Å². The van der Waals surface area contributed by atoms with Crippen LogP contribution < -0.4 is 16.1 Å². The van der Waals surface area contributed by atoms with Crippen LogP contribution in [0.3, 0.4) is 0 Å². The molecule has 0 bridgehead atoms. The number of aromatic nitrogens is 1. The monoisotopic (exact) mass is 387 g/mol. The standard InChI is InChI=1S/C20H25N3O3S/c1-13(17-9-6-10-27-17)22-20(26)16-12-23(14-7-4-3-5-8-14)11-15(18(16)24)19(25)21-2/h6,9-14H,3-5,7-8H2,1-2H3,(H,21,25)(H,22,26)/t13-/m0/s1. The fourth-order valence-corrected chi connectivity index (χ4v) is 4.26. The minimum absolute atomic E-state index is 0.0134. The maximum absolute atomic E-state index is 12.8. The summed E-state index contributed by atoms with van der Waals surface area (Å²) in [7, 11) is 1.48. The van der Waals surface area contributed by atoms with E-state index in [1.807, 2.05) is 29.0 Å². The van der Waals surface area contributed by atoms with Crippen molar-refractivity contribution in [3.8, 4) is 0 Å². The van der Waals surface area contributed by atoms with Crippen LogP contribution >= 0.6 is 11.3 Å². The molecule has 0 spiro atoms. The minimum Gasteiger partial charge on any atom is -0.355 e. The molecule has 2 amide bonds. The van der Waals surface area contributed by atoms with E-state index in [2.05, 4.69) is 10.6 Å². The van der Waals surface area contributed by atoms with Crippen LogP contribution in [0.15, 0.2) is 34.7 Å². The molecule has 0 aromatic carbocycles. The maximum Gasteiger partial charge on any atom is 0.257 e. The molecule has 0 unspecified atom stereocenters. The first kappa shape index (κ1) is 19.4. The lowest BCUT2D eigenvalue weighted by molar-refractivity contribution is 0.0938. The van der Waals surface area contributed by atoms with Gasteiger partial charge in [0, 0.05) is 30.4 Å². The molecule has 1 fully saturated rings. The predicted octanol–water partition coefficient (Wildman–Crippen LogP) is 3.27. The van der Waals surface area contributed by atoms with Gasteiger partial charge in [0.05, 0.1) is 6.04 Å². The van der Waals surface area contributed by atoms with E-state index in [0.717, 1.165) is 30.6 Å². The summed E-state index contributed by atoms with van der Waals surface area (Å²) >= 11 is 1.55. The quantitative estimate of drug-likeness (QED) is 0.826. The summed E-state index contributed by atoms with van der Waals surface area (Å²) in [6, 6.07) is 3.87. The molecule has 6 nitrogen and oxygen atoms in total. The van der Waals surface area contributed by atoms with Gasteiger partial charge in [0.2, 0.25) is 5.43 Å². The number of hydrogen-bond donors (Lipinski definition) is 2. The number of hydrogen-bond acceptors (Lipinski definition) is 4. The van der Waals surface area contributed by atoms with Crippen LogP contribution in [0, 0.1) is 0 Å². The Bertz CT molecular complexity index is 867. The van der Waals surface area contributed by atoms with E-state index in [4.69, 9.17) is 0 Å². The third-order valence-corrected chi connectivity index (χ3v) is 6.13. The van der Waals surface area contributed by atoms with Gasteiger partial charge in [-0.1, -0.05) is 25.3 Å². The molecule has 2 N–H and O–H groups in total. The number of carbonyl (C=O) groups is 2. The lowest BCUT2D eigenvalue weighted by Gasteiger charge is -2.25. The Kier molecular flexibility index (Phi) is 6.11. The summed E-state index contributed by atoms with van der Waals surface area (Å²) in [5.41, 5.74) is -0.498. The summed E-state index contributed by atoms with van der Waals surface area (Å²) in [6.45, 7) is 1.88. The zero-order chi connectivity index (χ0) is 19.4. The van der Waals surface area contributed by atoms with E-state index in [0.29, 0.717) is 0 Å². The molecule has 0 aliphatic heterocycles. The molecule has 1 atom stereocenters. The SMILES string of the molecule is CNC(=O)c1cn(C2CCCCC2)cc(C(=O)N[C@@H](C)c2cccs2)c1=O. The average Bonchev–Trinajstić information content (AvgIpc) is 3.23. The normalized spacial score (nSPS) is 15.9. The summed E-state index contributed by atoms with van der Waals surface area (Å²) in [5, 5.41) is 7.32. The molecule has 2 aromatic rings. The molecule has 1 aliphatic rings. The van der Waals surface area contributed by atoms with Gasteiger partial charge in [-0.15, -0.1) is 11.3 Å². The van der Waals surface area contributed by atoms with Gasteiger partial charge in [-0.2, -0.15) is 0 Å². The molecule has 1 saturated carbocycles. The second kappa shape index (κ2) is 8.52. The largest absolute Gasteiger partial charge is 0.355 e. The molecule has 7 heteroatoms. The second-order valence-electron chi connectivity index (χ2n) is 6.94. The van der Waals surface area contributed by atoms with E-state index in [9.17, 15) is 14.4 Å². The third kappa shape index (κ3) is 4.30. The first-order valence-corrected chi connectivity index (χ1v) is 10.2. The first-order valence-electron chi connectivity index (χ1n) is 9.33. The predicted molar refractivity (Wildman–Crippen MR) is 106 cm³/mol. The van der Waals surface area contributed by atoms with Crippen LogP contribution in [-0.4, -0.2) is 23.4 Å². The van der Waals surface area contributed by atoms with E-state index >= 15 is 0 Å². The fraction of sp³-hybridized carbons (Fsp3) is 0.450. The Morgan fingerprint density at radius 1 is 1.15 bits per heavy atom. The van der Waals surface area contributed by atoms with Gasteiger partial charge in [-0.25, -0.2) is 0 Å². The van der Waals surface area contributed by atoms with Crippen molar-refractivity contribution in [2.45, 2.75) is 51.1 Å². The second-order valence-corrected chi connectivity index (χ2v) is 7.92. The van der Waals surface area contributed by atoms with Gasteiger partial charge in [0.15, 0.2) is 0 Å². The van der Waals surface area contributed by atoms with Crippen molar-refractivity contribution in [2.75, 3.05) is 7.05 Å². The first-order chi connectivity index (χ1) is 13.0. The zero-order valence-electron chi connectivity index (χ0n) is 15.7. The third-order valence-electron chi connectivity index (χ3n) is 5.08. The molecular weight excluding hydrogens is 362 g/mol. The highest BCUT2D eigenvalue weighted by Crippen LogP contribution is 2.28. The van der Waals surface area contributed by atoms with E-state index in [1.165, 1.54) is 13.5 Å². The smallest absolute Gasteiger partial charge is 0.257 e. The molecule has 144 valence electrons. The number of nitrogens with zero attached hydrogens (tertiary/aromatic N) is 1. The van der Waals surface area contributed by atoms with Crippen LogP contribution in [0.2, 0.25) is 0 Å². The molecule has 3 rings (SSSR count). The Hall–Kier alpha value is -2.41. The maximum atomic E-state index is 12.8. The topological polar surface area (TPSA) is 80.2 Å². The van der Waals surface area contributed by atoms with Gasteiger partial charge in [-0.05, 0) is 31.2 Å². The van der Waals surface area contributed by atoms with Crippen LogP contribution in [0.4, 0.5) is 0 Å². The average molecular weight is 388 g/mol. The fourth-order valence-electron chi connectivity index (χ4n) is 3.53. The Morgan fingerprint density at radius 2 is 1.81 bits per heavy atom. The van der Waals surface area contributed by atoms with Crippen molar-refractivity contribution in [2.24, 2.45) is 0 Å². The minimum atomic E-state index is -0.530. The van der Waals surface area contributed by atoms with Crippen molar-refractivity contribution in [1.29, 1.82) is 0 Å². The summed E-state index contributed by atoms with van der Waals surface area (Å²) in [5.74, 6) is -0.915. The van der Waals surface area contributed by atoms with E-state index < -0.39 is 17.2 Å². The van der Waals surface area contributed by atoms with Crippen molar-refractivity contribution in [1.82, 2.24) is 15.2 Å². The summed E-state index contributed by atoms with van der Waals surface area (Å²) in [4.78, 5) is 38.8. The number of carbonyl (C=O) groups excluding carboxylic acids is 2. The lowest BCUT2D eigenvalue weighted by atomic mass is 9.95. The van der Waals surface area contributed by atoms with Crippen LogP contribution in [0.5, 0.6) is 0 Å². The number of nitrogens with one attached hydrogen (secondary N) is 2. The highest BCUT2D eigenvalue weighted by atomic mass is 32.1. The molecule has 0 saturated heterocycles. The van der Waals surface area contributed by atoms with E-state index in [-0.39, 0.29) is 23.2 Å². The lowest BCUT2D eigenvalue weighted by Crippen LogP contribution is -2.35. The van der Waals surface area contributed by atoms with Gasteiger partial charge >= 0.3 is 0 Å². The van der Waals surface area contributed by atoms with Crippen LogP contribution in [0.1, 0.15) is 76.7 Å². The van der Waals surface area contributed by atoms with Gasteiger partial charge in [0.25, 0.3) is 11.8 Å². The molecule has 2 aromatic heterocycles. The summed E-state index contributed by atoms with van der Waals surface area (Å²) in [6.07, 6.45) is 8.61. The molecular formula is C20H25N3O3S. The number of rotatable bonds is 5. The van der Waals surface area contributed by atoms with Crippen molar-refractivity contribution in [3.05, 3.63) is 56.1 Å². The number of amides is 2. The van der Waals surface area contributed by atoms with Crippen LogP contribution in [0.25, 0.3) is 0 Å². The highest BCUT2D eigenvalue weighted by molar-refractivity contribution is 7.10. The molecule has 0 radical (unpaired) electrons. The molecule has 1 aliphatic carbocycles. The number of pyridine rings is 1. The Morgan fingerprint density at radius 3 is 2.41 bits per heavy atom. The van der Waals surface area contributed by atoms with Gasteiger partial charge < -0.3 is 15.2 Å². The molecule has 2 heterocycles. The number of thiophene rings is 1.